The lowest BCUT2D eigenvalue weighted by molar-refractivity contribution is 0.676. The lowest BCUT2D eigenvalue weighted by Gasteiger charge is -2.02. The molecule has 1 aliphatic carbocycles. The molecule has 7 heavy (non-hydrogen) atoms. The van der Waals surface area contributed by atoms with E-state index in [1.807, 2.05) is 0 Å². The van der Waals surface area contributed by atoms with Gasteiger partial charge in [0.1, 0.15) is 0 Å². The molecule has 0 aliphatic heterocycles. The molecule has 0 radical (unpaired) electrons. The highest BCUT2D eigenvalue weighted by molar-refractivity contribution is 5.09. The van der Waals surface area contributed by atoms with Crippen molar-refractivity contribution in [3.63, 3.8) is 0 Å². The summed E-state index contributed by atoms with van der Waals surface area (Å²) in [6.07, 6.45) is 7.47. The van der Waals surface area contributed by atoms with Crippen LogP contribution in [-0.4, -0.2) is 0 Å². The van der Waals surface area contributed by atoms with Gasteiger partial charge in [0, 0.05) is 25.8 Å². The van der Waals surface area contributed by atoms with E-state index in [0.717, 1.165) is 0 Å². The second kappa shape index (κ2) is 2.06. The van der Waals surface area contributed by atoms with Crippen LogP contribution in [0.4, 0.5) is 0 Å². The van der Waals surface area contributed by atoms with Crippen LogP contribution in [0.25, 0.3) is 0 Å². The quantitative estimate of drug-likeness (QED) is 0.405. The first-order valence-corrected chi connectivity index (χ1v) is 2.90. The fraction of sp³-hybridized carbons (Fsp3) is 0.571. The summed E-state index contributed by atoms with van der Waals surface area (Å²) in [5.41, 5.74) is 1.34. The highest BCUT2D eigenvalue weighted by Gasteiger charge is 2.08. The Labute approximate surface area is 45.2 Å². The Morgan fingerprint density at radius 3 is 2.57 bits per heavy atom. The molecular formula is C7H11+. The summed E-state index contributed by atoms with van der Waals surface area (Å²) in [4.78, 5) is 0. The molecule has 0 nitrogen and oxygen atoms in total. The van der Waals surface area contributed by atoms with Crippen molar-refractivity contribution in [1.29, 1.82) is 0 Å². The second-order valence-electron chi connectivity index (χ2n) is 2.11. The smallest absolute Gasteiger partial charge is 0.0436 e. The van der Waals surface area contributed by atoms with Crippen molar-refractivity contribution in [2.45, 2.75) is 25.7 Å². The first kappa shape index (κ1) is 4.76. The first-order valence-electron chi connectivity index (χ1n) is 2.90. The van der Waals surface area contributed by atoms with Crippen LogP contribution in [0.1, 0.15) is 25.7 Å². The highest BCUT2D eigenvalue weighted by Crippen LogP contribution is 2.19. The van der Waals surface area contributed by atoms with Gasteiger partial charge < -0.3 is 0 Å². The minimum atomic E-state index is 1.24. The Kier molecular flexibility index (Phi) is 1.40. The van der Waals surface area contributed by atoms with Crippen LogP contribution in [0.2, 0.25) is 0 Å². The third-order valence-corrected chi connectivity index (χ3v) is 1.39. The zero-order valence-electron chi connectivity index (χ0n) is 4.61. The van der Waals surface area contributed by atoms with Gasteiger partial charge >= 0.3 is 0 Å². The summed E-state index contributed by atoms with van der Waals surface area (Å²) in [7, 11) is 0. The fourth-order valence-corrected chi connectivity index (χ4v) is 0.905. The van der Waals surface area contributed by atoms with Crippen molar-refractivity contribution in [3.8, 4) is 0 Å². The van der Waals surface area contributed by atoms with Crippen LogP contribution in [0.15, 0.2) is 12.2 Å². The van der Waals surface area contributed by atoms with E-state index in [4.69, 9.17) is 0 Å². The van der Waals surface area contributed by atoms with E-state index >= 15 is 0 Å². The van der Waals surface area contributed by atoms with Gasteiger partial charge in [-0.25, -0.2) is 0 Å². The van der Waals surface area contributed by atoms with E-state index < -0.39 is 0 Å². The van der Waals surface area contributed by atoms with Gasteiger partial charge in [0.2, 0.25) is 0 Å². The molecule has 0 aromatic heterocycles. The molecule has 1 rings (SSSR count). The molecule has 0 unspecified atom stereocenters. The van der Waals surface area contributed by atoms with Crippen LogP contribution in [-0.2, 0) is 0 Å². The van der Waals surface area contributed by atoms with Crippen molar-refractivity contribution in [2.75, 3.05) is 0 Å². The number of rotatable bonds is 0. The van der Waals surface area contributed by atoms with Gasteiger partial charge in [-0.15, -0.1) is 0 Å². The lowest BCUT2D eigenvalue weighted by Crippen LogP contribution is -1.91. The Morgan fingerprint density at radius 1 is 1.43 bits per heavy atom. The molecule has 0 bridgehead atoms. The molecule has 0 spiro atoms. The summed E-state index contributed by atoms with van der Waals surface area (Å²) < 4.78 is 0. The Bertz CT molecular complexity index is 64.1. The molecule has 0 heteroatoms. The number of allylic oxidation sites excluding steroid dienone is 1. The average molecular weight is 95.2 g/mol. The lowest BCUT2D eigenvalue weighted by atomic mass is 9.97. The molecule has 0 amide bonds. The molecule has 38 valence electrons. The van der Waals surface area contributed by atoms with Gasteiger partial charge in [-0.3, -0.25) is 0 Å². The summed E-state index contributed by atoms with van der Waals surface area (Å²) in [6.45, 7) is 3.86. The molecule has 1 saturated carbocycles. The minimum Gasteiger partial charge on any atom is -0.0436 e. The van der Waals surface area contributed by atoms with Crippen molar-refractivity contribution in [3.05, 3.63) is 18.6 Å². The Hall–Kier alpha value is -0.390. The van der Waals surface area contributed by atoms with Crippen molar-refractivity contribution < 1.29 is 0 Å². The van der Waals surface area contributed by atoms with E-state index in [1.54, 1.807) is 0 Å². The topological polar surface area (TPSA) is 0 Å². The summed E-state index contributed by atoms with van der Waals surface area (Å²) in [5, 5.41) is 0. The van der Waals surface area contributed by atoms with Gasteiger partial charge in [0.15, 0.2) is 0 Å². The van der Waals surface area contributed by atoms with Gasteiger partial charge in [-0.2, -0.15) is 0 Å². The predicted octanol–water partition coefficient (Wildman–Crippen LogP) is 2.32. The van der Waals surface area contributed by atoms with Crippen LogP contribution in [0.3, 0.4) is 0 Å². The molecule has 0 atom stereocenters. The van der Waals surface area contributed by atoms with Crippen molar-refractivity contribution in [2.24, 2.45) is 0 Å². The fourth-order valence-electron chi connectivity index (χ4n) is 0.905. The largest absolute Gasteiger partial charge is 0.0992 e. The molecule has 0 aromatic carbocycles. The summed E-state index contributed by atoms with van der Waals surface area (Å²) >= 11 is 0. The van der Waals surface area contributed by atoms with Crippen LogP contribution < -0.4 is 0 Å². The maximum atomic E-state index is 3.86. The third kappa shape index (κ3) is 1.26. The molecule has 1 aliphatic rings. The normalized spacial score (nSPS) is 21.4. The molecule has 0 aromatic rings. The minimum absolute atomic E-state index is 1.24. The van der Waals surface area contributed by atoms with Crippen LogP contribution in [0.5, 0.6) is 0 Å². The summed E-state index contributed by atoms with van der Waals surface area (Å²) in [6, 6.07) is 0. The molecule has 0 N–H and O–H groups in total. The standard InChI is InChI=1S/C7H11/c1-7-5-3-2-4-6-7/h5H,1-4,6H2/q+1. The number of hydrogen-bond donors (Lipinski definition) is 0. The predicted molar refractivity (Wildman–Crippen MR) is 31.9 cm³/mol. The van der Waals surface area contributed by atoms with E-state index in [9.17, 15) is 0 Å². The van der Waals surface area contributed by atoms with Gasteiger partial charge in [0.25, 0.3) is 0 Å². The zero-order valence-corrected chi connectivity index (χ0v) is 4.61. The highest BCUT2D eigenvalue weighted by atomic mass is 14.1. The molecule has 1 fully saturated rings. The maximum absolute atomic E-state index is 3.86. The molecular weight excluding hydrogens is 84.1 g/mol. The molecule has 0 saturated heterocycles. The number of hydrogen-bond acceptors (Lipinski definition) is 0. The monoisotopic (exact) mass is 95.1 g/mol. The van der Waals surface area contributed by atoms with E-state index in [0.29, 0.717) is 0 Å². The van der Waals surface area contributed by atoms with Crippen LogP contribution in [0, 0.1) is 6.42 Å². The SMILES string of the molecule is C=C1[CH+]CCCC1. The Balaban J connectivity index is 2.25. The van der Waals surface area contributed by atoms with E-state index in [1.165, 1.54) is 31.3 Å². The molecule has 0 heterocycles. The first-order chi connectivity index (χ1) is 3.39. The van der Waals surface area contributed by atoms with Crippen molar-refractivity contribution >= 4 is 0 Å². The van der Waals surface area contributed by atoms with Gasteiger partial charge in [-0.1, -0.05) is 0 Å². The zero-order chi connectivity index (χ0) is 5.11. The third-order valence-electron chi connectivity index (χ3n) is 1.39. The maximum Gasteiger partial charge on any atom is 0.0992 e. The Morgan fingerprint density at radius 2 is 2.29 bits per heavy atom. The van der Waals surface area contributed by atoms with Gasteiger partial charge in [0.05, 0.1) is 5.57 Å². The van der Waals surface area contributed by atoms with E-state index in [-0.39, 0.29) is 0 Å². The van der Waals surface area contributed by atoms with Crippen molar-refractivity contribution in [1.82, 2.24) is 0 Å². The van der Waals surface area contributed by atoms with Crippen LogP contribution >= 0.6 is 0 Å². The van der Waals surface area contributed by atoms with E-state index in [2.05, 4.69) is 13.0 Å². The average Bonchev–Trinajstić information content (AvgIpc) is 1.69. The summed E-state index contributed by atoms with van der Waals surface area (Å²) in [5.74, 6) is 0. The van der Waals surface area contributed by atoms with Gasteiger partial charge in [-0.05, 0) is 12.8 Å². The second-order valence-corrected chi connectivity index (χ2v) is 2.11.